The molecule has 1 aliphatic rings. The molecule has 30 heavy (non-hydrogen) atoms. The lowest BCUT2D eigenvalue weighted by Crippen LogP contribution is -2.32. The summed E-state index contributed by atoms with van der Waals surface area (Å²) in [4.78, 5) is 28.3. The zero-order chi connectivity index (χ0) is 21.3. The summed E-state index contributed by atoms with van der Waals surface area (Å²) in [6.07, 6.45) is 0. The predicted molar refractivity (Wildman–Crippen MR) is 113 cm³/mol. The van der Waals surface area contributed by atoms with E-state index in [1.165, 1.54) is 48.5 Å². The number of aryl methyl sites for hydroxylation is 1. The highest BCUT2D eigenvalue weighted by Crippen LogP contribution is 2.38. The third-order valence-electron chi connectivity index (χ3n) is 4.48. The second-order valence-electron chi connectivity index (χ2n) is 6.67. The van der Waals surface area contributed by atoms with Crippen molar-refractivity contribution in [1.29, 1.82) is 0 Å². The van der Waals surface area contributed by atoms with E-state index in [9.17, 15) is 18.4 Å². The molecular formula is C23H16F2N2O2S. The van der Waals surface area contributed by atoms with E-state index < -0.39 is 23.4 Å². The number of nitrogens with one attached hydrogen (secondary N) is 1. The van der Waals surface area contributed by atoms with Gasteiger partial charge in [-0.2, -0.15) is 0 Å². The van der Waals surface area contributed by atoms with Gasteiger partial charge in [-0.25, -0.2) is 13.7 Å². The van der Waals surface area contributed by atoms with Crippen LogP contribution in [-0.2, 0) is 9.59 Å². The van der Waals surface area contributed by atoms with Gasteiger partial charge in [0.15, 0.2) is 0 Å². The second kappa shape index (κ2) is 8.12. The summed E-state index contributed by atoms with van der Waals surface area (Å²) >= 11 is 1.16. The van der Waals surface area contributed by atoms with Gasteiger partial charge in [0.1, 0.15) is 22.2 Å². The largest absolute Gasteiger partial charge is 0.350 e. The summed E-state index contributed by atoms with van der Waals surface area (Å²) in [5.41, 5.74) is 1.89. The van der Waals surface area contributed by atoms with Crippen molar-refractivity contribution in [2.24, 2.45) is 0 Å². The van der Waals surface area contributed by atoms with Gasteiger partial charge in [0, 0.05) is 10.6 Å². The quantitative estimate of drug-likeness (QED) is 0.570. The Balaban J connectivity index is 1.73. The van der Waals surface area contributed by atoms with E-state index in [-0.39, 0.29) is 16.3 Å². The number of carbonyl (C=O) groups is 2. The highest BCUT2D eigenvalue weighted by Gasteiger charge is 2.40. The van der Waals surface area contributed by atoms with Gasteiger partial charge in [-0.1, -0.05) is 29.5 Å². The number of hydrogen-bond donors (Lipinski definition) is 1. The first-order valence-electron chi connectivity index (χ1n) is 9.08. The number of hydrogen-bond acceptors (Lipinski definition) is 4. The monoisotopic (exact) mass is 422 g/mol. The first kappa shape index (κ1) is 19.8. The van der Waals surface area contributed by atoms with Crippen LogP contribution in [0.3, 0.4) is 0 Å². The van der Waals surface area contributed by atoms with Crippen molar-refractivity contribution in [2.45, 2.75) is 11.8 Å². The first-order valence-corrected chi connectivity index (χ1v) is 9.90. The number of rotatable bonds is 5. The summed E-state index contributed by atoms with van der Waals surface area (Å²) in [7, 11) is 0. The fourth-order valence-electron chi connectivity index (χ4n) is 2.94. The molecule has 0 aromatic heterocycles. The molecule has 3 aromatic carbocycles. The molecule has 0 radical (unpaired) electrons. The highest BCUT2D eigenvalue weighted by atomic mass is 32.2. The van der Waals surface area contributed by atoms with Crippen LogP contribution in [0.4, 0.5) is 20.2 Å². The maximum absolute atomic E-state index is 13.3. The third kappa shape index (κ3) is 3.97. The minimum atomic E-state index is -0.564. The van der Waals surface area contributed by atoms with Crippen LogP contribution in [0.5, 0.6) is 0 Å². The van der Waals surface area contributed by atoms with E-state index in [2.05, 4.69) is 5.32 Å². The highest BCUT2D eigenvalue weighted by molar-refractivity contribution is 8.04. The zero-order valence-electron chi connectivity index (χ0n) is 15.9. The van der Waals surface area contributed by atoms with Gasteiger partial charge in [0.2, 0.25) is 0 Å². The number of amides is 2. The zero-order valence-corrected chi connectivity index (χ0v) is 16.7. The molecule has 1 heterocycles. The van der Waals surface area contributed by atoms with Crippen LogP contribution >= 0.6 is 11.8 Å². The van der Waals surface area contributed by atoms with E-state index in [4.69, 9.17) is 0 Å². The van der Waals surface area contributed by atoms with Crippen LogP contribution < -0.4 is 10.2 Å². The number of carbonyl (C=O) groups excluding carboxylic acids is 2. The van der Waals surface area contributed by atoms with Crippen LogP contribution in [0.15, 0.2) is 88.3 Å². The average molecular weight is 422 g/mol. The van der Waals surface area contributed by atoms with Crippen molar-refractivity contribution in [2.75, 3.05) is 10.2 Å². The molecule has 0 saturated heterocycles. The van der Waals surface area contributed by atoms with Crippen molar-refractivity contribution in [3.8, 4) is 0 Å². The Morgan fingerprint density at radius 1 is 0.767 bits per heavy atom. The molecule has 2 amide bonds. The maximum atomic E-state index is 13.3. The Kier molecular flexibility index (Phi) is 5.37. The minimum Gasteiger partial charge on any atom is -0.350 e. The molecule has 0 bridgehead atoms. The van der Waals surface area contributed by atoms with Gasteiger partial charge in [0.05, 0.1) is 5.69 Å². The number of benzene rings is 3. The molecule has 1 N–H and O–H groups in total. The minimum absolute atomic E-state index is 0.0847. The fourth-order valence-corrected chi connectivity index (χ4v) is 3.87. The number of halogens is 2. The smallest absolute Gasteiger partial charge is 0.283 e. The van der Waals surface area contributed by atoms with Gasteiger partial charge >= 0.3 is 0 Å². The van der Waals surface area contributed by atoms with Gasteiger partial charge < -0.3 is 5.32 Å². The van der Waals surface area contributed by atoms with E-state index in [1.54, 1.807) is 0 Å². The summed E-state index contributed by atoms with van der Waals surface area (Å²) in [6.45, 7) is 1.95. The molecule has 0 atom stereocenters. The van der Waals surface area contributed by atoms with Gasteiger partial charge in [0.25, 0.3) is 11.8 Å². The second-order valence-corrected chi connectivity index (χ2v) is 7.76. The summed E-state index contributed by atoms with van der Waals surface area (Å²) in [6, 6.07) is 18.2. The van der Waals surface area contributed by atoms with Crippen molar-refractivity contribution >= 4 is 35.0 Å². The maximum Gasteiger partial charge on any atom is 0.283 e. The number of imide groups is 1. The lowest BCUT2D eigenvalue weighted by atomic mass is 10.2. The molecule has 7 heteroatoms. The van der Waals surface area contributed by atoms with Crippen LogP contribution in [0.2, 0.25) is 0 Å². The van der Waals surface area contributed by atoms with E-state index >= 15 is 0 Å². The van der Waals surface area contributed by atoms with E-state index in [0.717, 1.165) is 27.1 Å². The van der Waals surface area contributed by atoms with Crippen molar-refractivity contribution < 1.29 is 18.4 Å². The van der Waals surface area contributed by atoms with Gasteiger partial charge in [-0.3, -0.25) is 9.59 Å². The molecule has 1 aliphatic heterocycles. The third-order valence-corrected chi connectivity index (χ3v) is 5.57. The SMILES string of the molecule is Cc1ccc(SC2=C(Nc3ccc(F)cc3)C(=O)N(c3ccc(F)cc3)C2=O)cc1. The Labute approximate surface area is 176 Å². The molecule has 150 valence electrons. The van der Waals surface area contributed by atoms with Gasteiger partial charge in [-0.05, 0) is 67.6 Å². The summed E-state index contributed by atoms with van der Waals surface area (Å²) < 4.78 is 26.6. The van der Waals surface area contributed by atoms with E-state index in [1.807, 2.05) is 31.2 Å². The number of thioether (sulfide) groups is 1. The molecule has 0 spiro atoms. The lowest BCUT2D eigenvalue weighted by molar-refractivity contribution is -0.120. The fraction of sp³-hybridized carbons (Fsp3) is 0.0435. The van der Waals surface area contributed by atoms with E-state index in [0.29, 0.717) is 5.69 Å². The molecule has 4 nitrogen and oxygen atoms in total. The molecule has 0 fully saturated rings. The Hall–Kier alpha value is -3.45. The van der Waals surface area contributed by atoms with Crippen molar-refractivity contribution in [3.63, 3.8) is 0 Å². The predicted octanol–water partition coefficient (Wildman–Crippen LogP) is 5.26. The van der Waals surface area contributed by atoms with Crippen LogP contribution in [0, 0.1) is 18.6 Å². The molecule has 4 rings (SSSR count). The van der Waals surface area contributed by atoms with Crippen molar-refractivity contribution in [3.05, 3.63) is 101 Å². The lowest BCUT2D eigenvalue weighted by Gasteiger charge is -2.15. The first-order chi connectivity index (χ1) is 14.4. The normalized spacial score (nSPS) is 13.9. The number of anilines is 2. The molecular weight excluding hydrogens is 406 g/mol. The average Bonchev–Trinajstić information content (AvgIpc) is 2.96. The molecule has 0 saturated carbocycles. The Morgan fingerprint density at radius 3 is 1.93 bits per heavy atom. The van der Waals surface area contributed by atoms with Crippen molar-refractivity contribution in [1.82, 2.24) is 0 Å². The van der Waals surface area contributed by atoms with Gasteiger partial charge in [-0.15, -0.1) is 0 Å². The summed E-state index contributed by atoms with van der Waals surface area (Å²) in [5.74, 6) is -1.96. The Morgan fingerprint density at radius 2 is 1.33 bits per heavy atom. The van der Waals surface area contributed by atoms with Crippen LogP contribution in [0.25, 0.3) is 0 Å². The van der Waals surface area contributed by atoms with Crippen LogP contribution in [0.1, 0.15) is 5.56 Å². The van der Waals surface area contributed by atoms with Crippen LogP contribution in [-0.4, -0.2) is 11.8 Å². The molecule has 3 aromatic rings. The standard InChI is InChI=1S/C23H16F2N2O2S/c1-14-2-12-19(13-3-14)30-21-20(26-17-8-4-15(24)5-9-17)22(28)27(23(21)29)18-10-6-16(25)7-11-18/h2-13,26H,1H3. The Bertz CT molecular complexity index is 1070. The topological polar surface area (TPSA) is 49.4 Å². The number of nitrogens with zero attached hydrogens (tertiary/aromatic N) is 1. The summed E-state index contributed by atoms with van der Waals surface area (Å²) in [5, 5.41) is 2.95. The molecule has 0 aliphatic carbocycles. The molecule has 0 unspecified atom stereocenters.